The van der Waals surface area contributed by atoms with E-state index < -0.39 is 5.60 Å². The summed E-state index contributed by atoms with van der Waals surface area (Å²) in [4.78, 5) is 0. The fourth-order valence-corrected chi connectivity index (χ4v) is 3.21. The number of benzene rings is 1. The van der Waals surface area contributed by atoms with Crippen molar-refractivity contribution in [2.45, 2.75) is 18.4 Å². The maximum Gasteiger partial charge on any atom is 0.125 e. The van der Waals surface area contributed by atoms with E-state index in [0.29, 0.717) is 23.4 Å². The number of thioether (sulfide) groups is 1. The Kier molecular flexibility index (Phi) is 3.24. The van der Waals surface area contributed by atoms with Gasteiger partial charge in [-0.1, -0.05) is 11.6 Å². The van der Waals surface area contributed by atoms with E-state index >= 15 is 0 Å². The second-order valence-electron chi connectivity index (χ2n) is 3.80. The third-order valence-electron chi connectivity index (χ3n) is 2.72. The first-order chi connectivity index (χ1) is 7.10. The monoisotopic (exact) mass is 246 g/mol. The Balaban J connectivity index is 2.34. The van der Waals surface area contributed by atoms with Gasteiger partial charge in [0.1, 0.15) is 5.82 Å². The van der Waals surface area contributed by atoms with Crippen molar-refractivity contribution < 1.29 is 9.50 Å². The zero-order chi connectivity index (χ0) is 10.9. The smallest absolute Gasteiger partial charge is 0.125 e. The van der Waals surface area contributed by atoms with Crippen molar-refractivity contribution in [3.63, 3.8) is 0 Å². The van der Waals surface area contributed by atoms with Crippen LogP contribution in [-0.2, 0) is 5.60 Å². The molecule has 0 aliphatic carbocycles. The van der Waals surface area contributed by atoms with Crippen molar-refractivity contribution >= 4 is 23.4 Å². The molecular formula is C11H12ClFOS. The molecule has 0 aromatic heterocycles. The Morgan fingerprint density at radius 3 is 2.53 bits per heavy atom. The highest BCUT2D eigenvalue weighted by molar-refractivity contribution is 7.99. The molecule has 1 saturated heterocycles. The Morgan fingerprint density at radius 2 is 1.93 bits per heavy atom. The highest BCUT2D eigenvalue weighted by atomic mass is 35.5. The molecule has 2 rings (SSSR count). The summed E-state index contributed by atoms with van der Waals surface area (Å²) in [6, 6.07) is 4.29. The summed E-state index contributed by atoms with van der Waals surface area (Å²) in [7, 11) is 0. The molecule has 1 N–H and O–H groups in total. The van der Waals surface area contributed by atoms with Crippen molar-refractivity contribution in [3.8, 4) is 0 Å². The molecule has 1 aliphatic heterocycles. The highest BCUT2D eigenvalue weighted by Crippen LogP contribution is 2.36. The van der Waals surface area contributed by atoms with Gasteiger partial charge in [-0.3, -0.25) is 0 Å². The van der Waals surface area contributed by atoms with E-state index in [0.717, 1.165) is 11.5 Å². The van der Waals surface area contributed by atoms with Crippen LogP contribution in [0.25, 0.3) is 0 Å². The molecular weight excluding hydrogens is 235 g/mol. The minimum atomic E-state index is -0.892. The van der Waals surface area contributed by atoms with Gasteiger partial charge in [-0.2, -0.15) is 11.8 Å². The van der Waals surface area contributed by atoms with Gasteiger partial charge in [0, 0.05) is 5.02 Å². The molecule has 4 heteroatoms. The second kappa shape index (κ2) is 4.32. The van der Waals surface area contributed by atoms with Gasteiger partial charge in [0.15, 0.2) is 0 Å². The van der Waals surface area contributed by atoms with Crippen LogP contribution in [-0.4, -0.2) is 16.6 Å². The summed E-state index contributed by atoms with van der Waals surface area (Å²) in [5.41, 5.74) is -0.287. The molecule has 0 radical (unpaired) electrons. The third-order valence-corrected chi connectivity index (χ3v) is 3.92. The Hall–Kier alpha value is -0.250. The lowest BCUT2D eigenvalue weighted by molar-refractivity contribution is 0.0278. The van der Waals surface area contributed by atoms with E-state index in [1.807, 2.05) is 11.8 Å². The van der Waals surface area contributed by atoms with Gasteiger partial charge in [0.25, 0.3) is 0 Å². The van der Waals surface area contributed by atoms with Crippen LogP contribution in [0.4, 0.5) is 4.39 Å². The van der Waals surface area contributed by atoms with Crippen molar-refractivity contribution in [1.29, 1.82) is 0 Å². The van der Waals surface area contributed by atoms with E-state index in [2.05, 4.69) is 0 Å². The minimum absolute atomic E-state index is 0.344. The molecule has 0 bridgehead atoms. The minimum Gasteiger partial charge on any atom is -0.385 e. The average Bonchev–Trinajstić information content (AvgIpc) is 2.17. The first kappa shape index (κ1) is 11.2. The average molecular weight is 247 g/mol. The summed E-state index contributed by atoms with van der Waals surface area (Å²) in [6.07, 6.45) is 1.33. The topological polar surface area (TPSA) is 20.2 Å². The van der Waals surface area contributed by atoms with Crippen molar-refractivity contribution in [3.05, 3.63) is 34.6 Å². The maximum atomic E-state index is 13.2. The SMILES string of the molecule is OC1(c2cc(F)cc(Cl)c2)CCSCC1. The molecule has 0 saturated carbocycles. The van der Waals surface area contributed by atoms with Crippen LogP contribution < -0.4 is 0 Å². The molecule has 15 heavy (non-hydrogen) atoms. The first-order valence-corrected chi connectivity index (χ1v) is 6.40. The van der Waals surface area contributed by atoms with E-state index in [1.165, 1.54) is 12.1 Å². The Morgan fingerprint density at radius 1 is 1.27 bits per heavy atom. The molecule has 0 atom stereocenters. The van der Waals surface area contributed by atoms with Crippen molar-refractivity contribution in [2.75, 3.05) is 11.5 Å². The van der Waals surface area contributed by atoms with Crippen LogP contribution in [0.3, 0.4) is 0 Å². The number of rotatable bonds is 1. The summed E-state index contributed by atoms with van der Waals surface area (Å²) in [5.74, 6) is 1.43. The molecule has 82 valence electrons. The van der Waals surface area contributed by atoms with Gasteiger partial charge in [0.2, 0.25) is 0 Å². The van der Waals surface area contributed by atoms with Gasteiger partial charge in [-0.05, 0) is 48.1 Å². The van der Waals surface area contributed by atoms with Crippen molar-refractivity contribution in [2.24, 2.45) is 0 Å². The van der Waals surface area contributed by atoms with E-state index in [1.54, 1.807) is 6.07 Å². The van der Waals surface area contributed by atoms with Crippen LogP contribution in [0.1, 0.15) is 18.4 Å². The van der Waals surface area contributed by atoms with Crippen LogP contribution >= 0.6 is 23.4 Å². The normalized spacial score (nSPS) is 20.2. The number of hydrogen-bond donors (Lipinski definition) is 1. The van der Waals surface area contributed by atoms with E-state index in [9.17, 15) is 9.50 Å². The lowest BCUT2D eigenvalue weighted by Gasteiger charge is -2.32. The molecule has 1 aliphatic rings. The molecule has 1 fully saturated rings. The van der Waals surface area contributed by atoms with Crippen LogP contribution in [0.5, 0.6) is 0 Å². The summed E-state index contributed by atoms with van der Waals surface area (Å²) < 4.78 is 13.2. The Labute approximate surface area is 97.6 Å². The molecule has 0 spiro atoms. The molecule has 1 aromatic carbocycles. The van der Waals surface area contributed by atoms with Gasteiger partial charge in [0.05, 0.1) is 5.60 Å². The quantitative estimate of drug-likeness (QED) is 0.821. The molecule has 1 aromatic rings. The lowest BCUT2D eigenvalue weighted by atomic mass is 9.88. The van der Waals surface area contributed by atoms with Crippen LogP contribution in [0, 0.1) is 5.82 Å². The van der Waals surface area contributed by atoms with Gasteiger partial charge >= 0.3 is 0 Å². The van der Waals surface area contributed by atoms with Crippen LogP contribution in [0.15, 0.2) is 18.2 Å². The maximum absolute atomic E-state index is 13.2. The summed E-state index contributed by atoms with van der Waals surface area (Å²) in [5, 5.41) is 10.7. The van der Waals surface area contributed by atoms with Gasteiger partial charge in [-0.25, -0.2) is 4.39 Å². The first-order valence-electron chi connectivity index (χ1n) is 4.87. The van der Waals surface area contributed by atoms with E-state index in [-0.39, 0.29) is 5.82 Å². The standard InChI is InChI=1S/C11H12ClFOS/c12-9-5-8(6-10(13)7-9)11(14)1-3-15-4-2-11/h5-7,14H,1-4H2. The van der Waals surface area contributed by atoms with Gasteiger partial charge in [-0.15, -0.1) is 0 Å². The zero-order valence-corrected chi connectivity index (χ0v) is 9.74. The Bertz CT molecular complexity index is 343. The fraction of sp³-hybridized carbons (Fsp3) is 0.455. The number of aliphatic hydroxyl groups is 1. The fourth-order valence-electron chi connectivity index (χ4n) is 1.82. The molecule has 1 nitrogen and oxygen atoms in total. The molecule has 1 heterocycles. The largest absolute Gasteiger partial charge is 0.385 e. The predicted molar refractivity (Wildman–Crippen MR) is 61.9 cm³/mol. The van der Waals surface area contributed by atoms with Crippen molar-refractivity contribution in [1.82, 2.24) is 0 Å². The van der Waals surface area contributed by atoms with Crippen LogP contribution in [0.2, 0.25) is 5.02 Å². The highest BCUT2D eigenvalue weighted by Gasteiger charge is 2.31. The summed E-state index contributed by atoms with van der Waals surface area (Å²) >= 11 is 7.59. The summed E-state index contributed by atoms with van der Waals surface area (Å²) in [6.45, 7) is 0. The number of halogens is 2. The third kappa shape index (κ3) is 2.47. The predicted octanol–water partition coefficient (Wildman–Crippen LogP) is 3.19. The van der Waals surface area contributed by atoms with Gasteiger partial charge < -0.3 is 5.11 Å². The second-order valence-corrected chi connectivity index (χ2v) is 5.46. The lowest BCUT2D eigenvalue weighted by Crippen LogP contribution is -2.30. The zero-order valence-electron chi connectivity index (χ0n) is 8.17. The number of hydrogen-bond acceptors (Lipinski definition) is 2. The van der Waals surface area contributed by atoms with E-state index in [4.69, 9.17) is 11.6 Å². The molecule has 0 amide bonds. The molecule has 0 unspecified atom stereocenters.